The second kappa shape index (κ2) is 8.16. The Labute approximate surface area is 229 Å². The van der Waals surface area contributed by atoms with Crippen LogP contribution in [0.4, 0.5) is 0 Å². The average molecular weight is 497 g/mol. The van der Waals surface area contributed by atoms with E-state index in [1.807, 2.05) is 0 Å². The molecule has 0 saturated heterocycles. The van der Waals surface area contributed by atoms with E-state index < -0.39 is 0 Å². The highest BCUT2D eigenvalue weighted by Gasteiger charge is 2.35. The zero-order valence-corrected chi connectivity index (χ0v) is 22.2. The lowest BCUT2D eigenvalue weighted by atomic mass is 9.81. The average Bonchev–Trinajstić information content (AvgIpc) is 3.22. The minimum atomic E-state index is 0.00307. The van der Waals surface area contributed by atoms with Crippen LogP contribution in [0.3, 0.4) is 0 Å². The van der Waals surface area contributed by atoms with E-state index in [1.165, 1.54) is 76.8 Å². The Bertz CT molecular complexity index is 2090. The zero-order chi connectivity index (χ0) is 26.1. The smallest absolute Gasteiger partial charge is 0.0159 e. The molecule has 0 atom stereocenters. The van der Waals surface area contributed by atoms with Gasteiger partial charge in [0.25, 0.3) is 0 Å². The molecule has 7 aromatic rings. The van der Waals surface area contributed by atoms with Crippen LogP contribution in [0, 0.1) is 0 Å². The summed E-state index contributed by atoms with van der Waals surface area (Å²) in [6.07, 6.45) is 0. The minimum Gasteiger partial charge on any atom is -0.0619 e. The second-order valence-corrected chi connectivity index (χ2v) is 11.4. The largest absolute Gasteiger partial charge is 0.0619 e. The number of rotatable bonds is 2. The summed E-state index contributed by atoms with van der Waals surface area (Å²) in [7, 11) is 0. The summed E-state index contributed by atoms with van der Waals surface area (Å²) >= 11 is 0. The van der Waals surface area contributed by atoms with Crippen molar-refractivity contribution in [3.63, 3.8) is 0 Å². The van der Waals surface area contributed by atoms with Crippen LogP contribution >= 0.6 is 0 Å². The Kier molecular flexibility index (Phi) is 4.67. The number of hydrogen-bond acceptors (Lipinski definition) is 0. The second-order valence-electron chi connectivity index (χ2n) is 11.4. The van der Waals surface area contributed by atoms with E-state index >= 15 is 0 Å². The Morgan fingerprint density at radius 1 is 0.359 bits per heavy atom. The monoisotopic (exact) mass is 496 g/mol. The van der Waals surface area contributed by atoms with E-state index in [0.29, 0.717) is 0 Å². The van der Waals surface area contributed by atoms with Crippen LogP contribution in [-0.4, -0.2) is 0 Å². The topological polar surface area (TPSA) is 0 Å². The Balaban J connectivity index is 1.27. The molecule has 8 rings (SSSR count). The highest BCUT2D eigenvalue weighted by atomic mass is 14.4. The third-order valence-electron chi connectivity index (χ3n) is 8.84. The molecular weight excluding hydrogens is 468 g/mol. The highest BCUT2D eigenvalue weighted by Crippen LogP contribution is 2.49. The molecule has 0 unspecified atom stereocenters. The van der Waals surface area contributed by atoms with Crippen molar-refractivity contribution in [3.8, 4) is 33.4 Å². The van der Waals surface area contributed by atoms with Crippen molar-refractivity contribution in [1.82, 2.24) is 0 Å². The van der Waals surface area contributed by atoms with E-state index in [-0.39, 0.29) is 5.41 Å². The molecule has 0 bridgehead atoms. The van der Waals surface area contributed by atoms with E-state index in [1.54, 1.807) is 0 Å². The summed E-state index contributed by atoms with van der Waals surface area (Å²) in [4.78, 5) is 0. The summed E-state index contributed by atoms with van der Waals surface area (Å²) < 4.78 is 0. The minimum absolute atomic E-state index is 0.00307. The van der Waals surface area contributed by atoms with Crippen LogP contribution in [0.5, 0.6) is 0 Å². The summed E-state index contributed by atoms with van der Waals surface area (Å²) in [5.74, 6) is 0. The molecule has 39 heavy (non-hydrogen) atoms. The van der Waals surface area contributed by atoms with Gasteiger partial charge in [0.2, 0.25) is 0 Å². The molecular formula is C39H28. The molecule has 184 valence electrons. The molecule has 1 aliphatic carbocycles. The fraction of sp³-hybridized carbons (Fsp3) is 0.0769. The lowest BCUT2D eigenvalue weighted by Crippen LogP contribution is -2.14. The van der Waals surface area contributed by atoms with Gasteiger partial charge >= 0.3 is 0 Å². The molecule has 0 spiro atoms. The maximum absolute atomic E-state index is 2.41. The number of benzene rings is 7. The van der Waals surface area contributed by atoms with E-state index in [9.17, 15) is 0 Å². The van der Waals surface area contributed by atoms with Gasteiger partial charge in [0, 0.05) is 5.41 Å². The van der Waals surface area contributed by atoms with Gasteiger partial charge in [-0.25, -0.2) is 0 Å². The third-order valence-corrected chi connectivity index (χ3v) is 8.84. The molecule has 0 heteroatoms. The molecule has 0 amide bonds. The maximum Gasteiger partial charge on any atom is 0.0159 e. The van der Waals surface area contributed by atoms with Gasteiger partial charge in [0.1, 0.15) is 0 Å². The normalized spacial score (nSPS) is 13.6. The van der Waals surface area contributed by atoms with Gasteiger partial charge in [0.05, 0.1) is 0 Å². The summed E-state index contributed by atoms with van der Waals surface area (Å²) in [5.41, 5.74) is 10.7. The molecule has 0 N–H and O–H groups in total. The van der Waals surface area contributed by atoms with Gasteiger partial charge in [-0.2, -0.15) is 0 Å². The van der Waals surface area contributed by atoms with Gasteiger partial charge in [-0.15, -0.1) is 0 Å². The van der Waals surface area contributed by atoms with Gasteiger partial charge in [-0.05, 0) is 101 Å². The summed E-state index contributed by atoms with van der Waals surface area (Å²) in [5, 5.41) is 7.73. The molecule has 0 nitrogen and oxygen atoms in total. The molecule has 0 aliphatic heterocycles. The fourth-order valence-electron chi connectivity index (χ4n) is 6.77. The van der Waals surface area contributed by atoms with Crippen LogP contribution < -0.4 is 0 Å². The lowest BCUT2D eigenvalue weighted by Gasteiger charge is -2.22. The molecule has 0 saturated carbocycles. The predicted molar refractivity (Wildman–Crippen MR) is 167 cm³/mol. The molecule has 0 radical (unpaired) electrons. The first-order chi connectivity index (χ1) is 19.1. The van der Waals surface area contributed by atoms with Gasteiger partial charge < -0.3 is 0 Å². The number of hydrogen-bond donors (Lipinski definition) is 0. The van der Waals surface area contributed by atoms with Crippen molar-refractivity contribution in [2.75, 3.05) is 0 Å². The standard InChI is InChI=1S/C39H28/c1-39(2)37-14-8-7-13-34(37)35-20-19-27(24-38(35)39)26-17-15-25-16-18-29(22-30(25)21-26)36-23-28-9-3-4-10-31(28)32-11-5-6-12-33(32)36/h3-24H,1-2H3. The van der Waals surface area contributed by atoms with Gasteiger partial charge in [-0.3, -0.25) is 0 Å². The SMILES string of the molecule is CC1(C)c2ccccc2-c2ccc(-c3ccc4ccc(-c5cc6ccccc6c6ccccc56)cc4c3)cc21. The van der Waals surface area contributed by atoms with Crippen LogP contribution in [0.15, 0.2) is 133 Å². The molecule has 0 fully saturated rings. The van der Waals surface area contributed by atoms with Gasteiger partial charge in [0.15, 0.2) is 0 Å². The van der Waals surface area contributed by atoms with Crippen LogP contribution in [-0.2, 0) is 5.41 Å². The van der Waals surface area contributed by atoms with Crippen molar-refractivity contribution < 1.29 is 0 Å². The van der Waals surface area contributed by atoms with E-state index in [4.69, 9.17) is 0 Å². The summed E-state index contributed by atoms with van der Waals surface area (Å²) in [6, 6.07) is 49.5. The maximum atomic E-state index is 2.41. The van der Waals surface area contributed by atoms with E-state index in [0.717, 1.165) is 0 Å². The quantitative estimate of drug-likeness (QED) is 0.209. The number of fused-ring (bicyclic) bond motifs is 7. The first kappa shape index (κ1) is 22.3. The molecule has 0 heterocycles. The zero-order valence-electron chi connectivity index (χ0n) is 22.2. The van der Waals surface area contributed by atoms with Crippen molar-refractivity contribution in [2.24, 2.45) is 0 Å². The summed E-state index contributed by atoms with van der Waals surface area (Å²) in [6.45, 7) is 4.70. The van der Waals surface area contributed by atoms with Crippen molar-refractivity contribution in [3.05, 3.63) is 145 Å². The lowest BCUT2D eigenvalue weighted by molar-refractivity contribution is 0.660. The van der Waals surface area contributed by atoms with Gasteiger partial charge in [-0.1, -0.05) is 123 Å². The van der Waals surface area contributed by atoms with Crippen LogP contribution in [0.1, 0.15) is 25.0 Å². The van der Waals surface area contributed by atoms with E-state index in [2.05, 4.69) is 147 Å². The predicted octanol–water partition coefficient (Wildman–Crippen LogP) is 10.8. The molecule has 1 aliphatic rings. The van der Waals surface area contributed by atoms with Crippen molar-refractivity contribution in [2.45, 2.75) is 19.3 Å². The third kappa shape index (κ3) is 3.31. The first-order valence-electron chi connectivity index (χ1n) is 13.8. The fourth-order valence-corrected chi connectivity index (χ4v) is 6.77. The van der Waals surface area contributed by atoms with Crippen LogP contribution in [0.2, 0.25) is 0 Å². The highest BCUT2D eigenvalue weighted by molar-refractivity contribution is 6.14. The molecule has 7 aromatic carbocycles. The van der Waals surface area contributed by atoms with Crippen molar-refractivity contribution in [1.29, 1.82) is 0 Å². The van der Waals surface area contributed by atoms with Crippen molar-refractivity contribution >= 4 is 32.3 Å². The Morgan fingerprint density at radius 2 is 0.974 bits per heavy atom. The Hall–Kier alpha value is -4.68. The van der Waals surface area contributed by atoms with Crippen LogP contribution in [0.25, 0.3) is 65.7 Å². The molecule has 0 aromatic heterocycles. The Morgan fingerprint density at radius 3 is 1.85 bits per heavy atom. The first-order valence-corrected chi connectivity index (χ1v) is 13.8.